The minimum Gasteiger partial charge on any atom is -0.463 e. The molecule has 0 aliphatic heterocycles. The summed E-state index contributed by atoms with van der Waals surface area (Å²) in [6.07, 6.45) is -1.08. The van der Waals surface area contributed by atoms with Crippen molar-refractivity contribution in [1.29, 1.82) is 0 Å². The van der Waals surface area contributed by atoms with Crippen LogP contribution < -0.4 is 0 Å². The second kappa shape index (κ2) is 8.55. The zero-order valence-corrected chi connectivity index (χ0v) is 10.4. The van der Waals surface area contributed by atoms with Crippen LogP contribution in [0.15, 0.2) is 0 Å². The van der Waals surface area contributed by atoms with E-state index in [1.54, 1.807) is 6.92 Å². The van der Waals surface area contributed by atoms with E-state index < -0.39 is 18.2 Å². The van der Waals surface area contributed by atoms with Crippen LogP contribution in [0.4, 0.5) is 4.79 Å². The van der Waals surface area contributed by atoms with Crippen LogP contribution in [0.25, 0.3) is 0 Å². The van der Waals surface area contributed by atoms with Gasteiger partial charge < -0.3 is 19.0 Å². The Bertz CT molecular complexity index is 273. The quantitative estimate of drug-likeness (QED) is 0.500. The maximum atomic E-state index is 11.3. The molecule has 1 atom stereocenters. The number of hydrogen-bond acceptors (Lipinski definition) is 6. The van der Waals surface area contributed by atoms with Gasteiger partial charge >= 0.3 is 12.1 Å². The van der Waals surface area contributed by atoms with Crippen molar-refractivity contribution in [2.24, 2.45) is 0 Å². The Balaban J connectivity index is 3.74. The first-order valence-corrected chi connectivity index (χ1v) is 5.46. The van der Waals surface area contributed by atoms with Gasteiger partial charge in [0.1, 0.15) is 5.78 Å². The van der Waals surface area contributed by atoms with E-state index in [4.69, 9.17) is 4.74 Å². The molecule has 0 saturated heterocycles. The molecule has 98 valence electrons. The monoisotopic (exact) mass is 246 g/mol. The van der Waals surface area contributed by atoms with Crippen molar-refractivity contribution in [2.45, 2.75) is 39.7 Å². The van der Waals surface area contributed by atoms with Gasteiger partial charge in [-0.15, -0.1) is 0 Å². The molecule has 0 aliphatic rings. The summed E-state index contributed by atoms with van der Waals surface area (Å²) in [6.45, 7) is 4.80. The summed E-state index contributed by atoms with van der Waals surface area (Å²) in [5, 5.41) is 0. The molecule has 0 fully saturated rings. The number of carbonyl (C=O) groups excluding carboxylic acids is 3. The third kappa shape index (κ3) is 8.24. The molecule has 0 amide bonds. The second-order valence-corrected chi connectivity index (χ2v) is 3.42. The first-order chi connectivity index (χ1) is 7.97. The lowest BCUT2D eigenvalue weighted by molar-refractivity contribution is -0.154. The Hall–Kier alpha value is -1.59. The summed E-state index contributed by atoms with van der Waals surface area (Å²) in [5.74, 6) is -0.613. The van der Waals surface area contributed by atoms with Crippen molar-refractivity contribution in [1.82, 2.24) is 0 Å². The zero-order chi connectivity index (χ0) is 13.3. The number of carbonyl (C=O) groups is 3. The lowest BCUT2D eigenvalue weighted by Crippen LogP contribution is -2.27. The first-order valence-electron chi connectivity index (χ1n) is 5.46. The molecule has 6 heteroatoms. The van der Waals surface area contributed by atoms with Crippen molar-refractivity contribution in [3.8, 4) is 0 Å². The Morgan fingerprint density at radius 3 is 2.35 bits per heavy atom. The normalized spacial score (nSPS) is 11.5. The molecule has 0 aliphatic carbocycles. The van der Waals surface area contributed by atoms with Gasteiger partial charge in [-0.2, -0.15) is 0 Å². The van der Waals surface area contributed by atoms with Crippen LogP contribution in [0.3, 0.4) is 0 Å². The fourth-order valence-electron chi connectivity index (χ4n) is 0.956. The van der Waals surface area contributed by atoms with Gasteiger partial charge in [-0.3, -0.25) is 0 Å². The Morgan fingerprint density at radius 2 is 1.82 bits per heavy atom. The van der Waals surface area contributed by atoms with E-state index in [0.717, 1.165) is 0 Å². The lowest BCUT2D eigenvalue weighted by Gasteiger charge is -2.11. The van der Waals surface area contributed by atoms with Crippen LogP contribution in [0.1, 0.15) is 33.6 Å². The molecule has 1 unspecified atom stereocenters. The van der Waals surface area contributed by atoms with Gasteiger partial charge in [0.15, 0.2) is 6.10 Å². The van der Waals surface area contributed by atoms with E-state index >= 15 is 0 Å². The predicted molar refractivity (Wildman–Crippen MR) is 58.4 cm³/mol. The van der Waals surface area contributed by atoms with E-state index in [0.29, 0.717) is 12.8 Å². The van der Waals surface area contributed by atoms with Gasteiger partial charge in [0.25, 0.3) is 0 Å². The third-order valence-electron chi connectivity index (χ3n) is 1.78. The SMILES string of the molecule is CCOC(=O)OC(C)C(=O)OCCCC(C)=O. The van der Waals surface area contributed by atoms with Crippen LogP contribution >= 0.6 is 0 Å². The van der Waals surface area contributed by atoms with Crippen LogP contribution in [-0.4, -0.2) is 37.2 Å². The third-order valence-corrected chi connectivity index (χ3v) is 1.78. The highest BCUT2D eigenvalue weighted by Crippen LogP contribution is 1.99. The second-order valence-electron chi connectivity index (χ2n) is 3.42. The summed E-state index contributed by atoms with van der Waals surface area (Å²) in [6, 6.07) is 0. The molecular weight excluding hydrogens is 228 g/mol. The fraction of sp³-hybridized carbons (Fsp3) is 0.727. The Labute approximate surface area is 100 Å². The fourth-order valence-corrected chi connectivity index (χ4v) is 0.956. The number of ketones is 1. The van der Waals surface area contributed by atoms with E-state index in [2.05, 4.69) is 9.47 Å². The van der Waals surface area contributed by atoms with Crippen molar-refractivity contribution in [3.05, 3.63) is 0 Å². The summed E-state index contributed by atoms with van der Waals surface area (Å²) in [5.41, 5.74) is 0. The van der Waals surface area contributed by atoms with E-state index in [1.165, 1.54) is 13.8 Å². The van der Waals surface area contributed by atoms with Gasteiger partial charge in [0, 0.05) is 6.42 Å². The molecule has 0 rings (SSSR count). The number of Topliss-reactive ketones (excluding diaryl/α,β-unsaturated/α-hetero) is 1. The van der Waals surface area contributed by atoms with Crippen LogP contribution in [-0.2, 0) is 23.8 Å². The van der Waals surface area contributed by atoms with Crippen LogP contribution in [0.2, 0.25) is 0 Å². The number of rotatable bonds is 7. The highest BCUT2D eigenvalue weighted by molar-refractivity contribution is 5.77. The van der Waals surface area contributed by atoms with Crippen molar-refractivity contribution in [3.63, 3.8) is 0 Å². The molecule has 0 aromatic rings. The summed E-state index contributed by atoms with van der Waals surface area (Å²) in [7, 11) is 0. The smallest absolute Gasteiger partial charge is 0.463 e. The number of ether oxygens (including phenoxy) is 3. The number of hydrogen-bond donors (Lipinski definition) is 0. The van der Waals surface area contributed by atoms with Gasteiger partial charge in [-0.05, 0) is 27.2 Å². The highest BCUT2D eigenvalue weighted by atomic mass is 16.7. The molecule has 0 aromatic heterocycles. The van der Waals surface area contributed by atoms with Gasteiger partial charge in [-0.1, -0.05) is 0 Å². The molecule has 0 N–H and O–H groups in total. The van der Waals surface area contributed by atoms with Gasteiger partial charge in [-0.25, -0.2) is 9.59 Å². The number of esters is 1. The van der Waals surface area contributed by atoms with Crippen molar-refractivity contribution >= 4 is 17.9 Å². The maximum Gasteiger partial charge on any atom is 0.509 e. The maximum absolute atomic E-state index is 11.3. The molecular formula is C11H18O6. The first kappa shape index (κ1) is 15.4. The largest absolute Gasteiger partial charge is 0.509 e. The molecule has 0 bridgehead atoms. The summed E-state index contributed by atoms with van der Waals surface area (Å²) < 4.78 is 13.9. The van der Waals surface area contributed by atoms with E-state index in [1.807, 2.05) is 0 Å². The molecule has 0 radical (unpaired) electrons. The average molecular weight is 246 g/mol. The molecule has 17 heavy (non-hydrogen) atoms. The molecule has 0 heterocycles. The zero-order valence-electron chi connectivity index (χ0n) is 10.4. The minimum absolute atomic E-state index is 0.0388. The molecule has 0 aromatic carbocycles. The predicted octanol–water partition coefficient (Wildman–Crippen LogP) is 1.46. The minimum atomic E-state index is -1.01. The standard InChI is InChI=1S/C11H18O6/c1-4-15-11(14)17-9(3)10(13)16-7-5-6-8(2)12/h9H,4-7H2,1-3H3. The van der Waals surface area contributed by atoms with Crippen LogP contribution in [0, 0.1) is 0 Å². The molecule has 0 spiro atoms. The van der Waals surface area contributed by atoms with Crippen molar-refractivity contribution in [2.75, 3.05) is 13.2 Å². The van der Waals surface area contributed by atoms with Crippen molar-refractivity contribution < 1.29 is 28.6 Å². The summed E-state index contributed by atoms with van der Waals surface area (Å²) in [4.78, 5) is 32.8. The topological polar surface area (TPSA) is 78.9 Å². The summed E-state index contributed by atoms with van der Waals surface area (Å²) >= 11 is 0. The Morgan fingerprint density at radius 1 is 1.18 bits per heavy atom. The Kier molecular flexibility index (Phi) is 7.75. The molecule has 6 nitrogen and oxygen atoms in total. The van der Waals surface area contributed by atoms with Crippen LogP contribution in [0.5, 0.6) is 0 Å². The highest BCUT2D eigenvalue weighted by Gasteiger charge is 2.19. The molecule has 0 saturated carbocycles. The van der Waals surface area contributed by atoms with E-state index in [-0.39, 0.29) is 19.0 Å². The lowest BCUT2D eigenvalue weighted by atomic mass is 10.2. The van der Waals surface area contributed by atoms with E-state index in [9.17, 15) is 14.4 Å². The van der Waals surface area contributed by atoms with Gasteiger partial charge in [0.05, 0.1) is 13.2 Å². The van der Waals surface area contributed by atoms with Gasteiger partial charge in [0.2, 0.25) is 0 Å². The average Bonchev–Trinajstić information content (AvgIpc) is 2.23.